The highest BCUT2D eigenvalue weighted by atomic mass is 19.1. The van der Waals surface area contributed by atoms with Gasteiger partial charge in [0, 0.05) is 6.04 Å². The topological polar surface area (TPSA) is 47.3 Å². The number of nitrogens with two attached hydrogens (primary N) is 1. The molecule has 0 saturated heterocycles. The lowest BCUT2D eigenvalue weighted by molar-refractivity contribution is 0.208. The van der Waals surface area contributed by atoms with E-state index < -0.39 is 0 Å². The quantitative estimate of drug-likeness (QED) is 0.624. The van der Waals surface area contributed by atoms with Gasteiger partial charge in [-0.25, -0.2) is 4.39 Å². The van der Waals surface area contributed by atoms with Gasteiger partial charge in [0.15, 0.2) is 11.6 Å². The molecule has 1 aliphatic carbocycles. The van der Waals surface area contributed by atoms with E-state index in [1.807, 2.05) is 6.07 Å². The second kappa shape index (κ2) is 7.76. The second-order valence-corrected chi connectivity index (χ2v) is 6.15. The van der Waals surface area contributed by atoms with Crippen LogP contribution in [-0.4, -0.2) is 13.2 Å². The number of nitrogens with one attached hydrogen (secondary N) is 1. The Balaban J connectivity index is 2.03. The molecule has 3 N–H and O–H groups in total. The third-order valence-corrected chi connectivity index (χ3v) is 4.86. The molecule has 4 heteroatoms. The van der Waals surface area contributed by atoms with Crippen molar-refractivity contribution in [2.24, 2.45) is 17.7 Å². The molecule has 3 unspecified atom stereocenters. The van der Waals surface area contributed by atoms with Crippen molar-refractivity contribution in [1.82, 2.24) is 5.43 Å². The average Bonchev–Trinajstić information content (AvgIpc) is 2.52. The molecule has 3 nitrogen and oxygen atoms in total. The molecule has 0 radical (unpaired) electrons. The van der Waals surface area contributed by atoms with E-state index in [1.54, 1.807) is 12.1 Å². The van der Waals surface area contributed by atoms with Crippen LogP contribution in [0.4, 0.5) is 4.39 Å². The molecule has 1 saturated carbocycles. The number of benzene rings is 1. The molecule has 1 fully saturated rings. The monoisotopic (exact) mass is 294 g/mol. The predicted molar refractivity (Wildman–Crippen MR) is 83.5 cm³/mol. The van der Waals surface area contributed by atoms with Crippen LogP contribution in [0.2, 0.25) is 0 Å². The molecule has 1 aromatic carbocycles. The van der Waals surface area contributed by atoms with Crippen molar-refractivity contribution in [3.05, 3.63) is 29.6 Å². The van der Waals surface area contributed by atoms with E-state index in [0.717, 1.165) is 17.9 Å². The van der Waals surface area contributed by atoms with Crippen molar-refractivity contribution >= 4 is 0 Å². The Morgan fingerprint density at radius 2 is 2.24 bits per heavy atom. The number of halogens is 1. The van der Waals surface area contributed by atoms with E-state index in [-0.39, 0.29) is 11.9 Å². The molecule has 0 spiro atoms. The van der Waals surface area contributed by atoms with Gasteiger partial charge in [0.2, 0.25) is 0 Å². The first-order chi connectivity index (χ1) is 10.2. The Morgan fingerprint density at radius 3 is 2.86 bits per heavy atom. The summed E-state index contributed by atoms with van der Waals surface area (Å²) >= 11 is 0. The third kappa shape index (κ3) is 4.17. The fourth-order valence-electron chi connectivity index (χ4n) is 3.52. The minimum Gasteiger partial charge on any atom is -0.494 e. The van der Waals surface area contributed by atoms with Gasteiger partial charge >= 0.3 is 0 Å². The molecule has 0 amide bonds. The van der Waals surface area contributed by atoms with Crippen molar-refractivity contribution in [3.8, 4) is 5.75 Å². The van der Waals surface area contributed by atoms with Gasteiger partial charge in [0.05, 0.1) is 7.11 Å². The Hall–Kier alpha value is -1.13. The summed E-state index contributed by atoms with van der Waals surface area (Å²) < 4.78 is 18.7. The minimum absolute atomic E-state index is 0.215. The first kappa shape index (κ1) is 16.2. The zero-order valence-electron chi connectivity index (χ0n) is 13.1. The Morgan fingerprint density at radius 1 is 1.43 bits per heavy atom. The SMILES string of the molecule is CCC1CCCC(C(Cc2ccc(OC)c(F)c2)NN)C1. The zero-order valence-corrected chi connectivity index (χ0v) is 13.1. The Kier molecular flexibility index (Phi) is 6.00. The van der Waals surface area contributed by atoms with Gasteiger partial charge in [0.1, 0.15) is 0 Å². The van der Waals surface area contributed by atoms with Crippen LogP contribution >= 0.6 is 0 Å². The van der Waals surface area contributed by atoms with Crippen LogP contribution in [0.3, 0.4) is 0 Å². The molecular weight excluding hydrogens is 267 g/mol. The number of rotatable bonds is 6. The highest BCUT2D eigenvalue weighted by Gasteiger charge is 2.27. The molecule has 118 valence electrons. The molecule has 1 aliphatic rings. The first-order valence-electron chi connectivity index (χ1n) is 7.96. The maximum atomic E-state index is 13.8. The van der Waals surface area contributed by atoms with Crippen LogP contribution in [0.25, 0.3) is 0 Å². The smallest absolute Gasteiger partial charge is 0.165 e. The van der Waals surface area contributed by atoms with Gasteiger partial charge in [0.25, 0.3) is 0 Å². The summed E-state index contributed by atoms with van der Waals surface area (Å²) in [5, 5.41) is 0. The third-order valence-electron chi connectivity index (χ3n) is 4.86. The summed E-state index contributed by atoms with van der Waals surface area (Å²) in [4.78, 5) is 0. The first-order valence-corrected chi connectivity index (χ1v) is 7.96. The Bertz CT molecular complexity index is 452. The fourth-order valence-corrected chi connectivity index (χ4v) is 3.52. The molecule has 3 atom stereocenters. The Labute approximate surface area is 127 Å². The van der Waals surface area contributed by atoms with Gasteiger partial charge in [-0.15, -0.1) is 0 Å². The van der Waals surface area contributed by atoms with Crippen LogP contribution in [0.15, 0.2) is 18.2 Å². The van der Waals surface area contributed by atoms with Gasteiger partial charge in [-0.3, -0.25) is 11.3 Å². The molecule has 0 heterocycles. The summed E-state index contributed by atoms with van der Waals surface area (Å²) in [5.41, 5.74) is 3.93. The maximum Gasteiger partial charge on any atom is 0.165 e. The van der Waals surface area contributed by atoms with Crippen LogP contribution in [0.5, 0.6) is 5.75 Å². The lowest BCUT2D eigenvalue weighted by Crippen LogP contribution is -2.44. The predicted octanol–water partition coefficient (Wildman–Crippen LogP) is 3.43. The zero-order chi connectivity index (χ0) is 15.2. The van der Waals surface area contributed by atoms with Crippen molar-refractivity contribution in [2.75, 3.05) is 7.11 Å². The van der Waals surface area contributed by atoms with E-state index in [0.29, 0.717) is 11.7 Å². The number of methoxy groups -OCH3 is 1. The highest BCUT2D eigenvalue weighted by Crippen LogP contribution is 2.33. The molecule has 21 heavy (non-hydrogen) atoms. The molecule has 0 bridgehead atoms. The molecule has 2 rings (SSSR count). The lowest BCUT2D eigenvalue weighted by Gasteiger charge is -2.34. The minimum atomic E-state index is -0.305. The van der Waals surface area contributed by atoms with Gasteiger partial charge in [-0.05, 0) is 48.8 Å². The number of hydrogen-bond donors (Lipinski definition) is 2. The molecule has 1 aromatic rings. The maximum absolute atomic E-state index is 13.8. The van der Waals surface area contributed by atoms with Crippen LogP contribution < -0.4 is 16.0 Å². The molecule has 0 aromatic heterocycles. The summed E-state index contributed by atoms with van der Waals surface area (Å²) in [6.07, 6.45) is 7.05. The number of hydrazine groups is 1. The summed E-state index contributed by atoms with van der Waals surface area (Å²) in [6, 6.07) is 5.39. The van der Waals surface area contributed by atoms with E-state index in [1.165, 1.54) is 39.2 Å². The highest BCUT2D eigenvalue weighted by molar-refractivity contribution is 5.29. The van der Waals surface area contributed by atoms with E-state index >= 15 is 0 Å². The van der Waals surface area contributed by atoms with Crippen molar-refractivity contribution in [3.63, 3.8) is 0 Å². The van der Waals surface area contributed by atoms with Gasteiger partial charge < -0.3 is 4.74 Å². The van der Waals surface area contributed by atoms with Crippen LogP contribution in [0, 0.1) is 17.7 Å². The van der Waals surface area contributed by atoms with Crippen molar-refractivity contribution in [1.29, 1.82) is 0 Å². The van der Waals surface area contributed by atoms with E-state index in [4.69, 9.17) is 10.6 Å². The average molecular weight is 294 g/mol. The second-order valence-electron chi connectivity index (χ2n) is 6.15. The van der Waals surface area contributed by atoms with E-state index in [9.17, 15) is 4.39 Å². The normalized spacial score (nSPS) is 23.8. The molecule has 0 aliphatic heterocycles. The van der Waals surface area contributed by atoms with Gasteiger partial charge in [-0.2, -0.15) is 0 Å². The molecular formula is C17H27FN2O. The largest absolute Gasteiger partial charge is 0.494 e. The van der Waals surface area contributed by atoms with Crippen LogP contribution in [0.1, 0.15) is 44.6 Å². The van der Waals surface area contributed by atoms with Crippen molar-refractivity contribution in [2.45, 2.75) is 51.5 Å². The van der Waals surface area contributed by atoms with E-state index in [2.05, 4.69) is 12.3 Å². The van der Waals surface area contributed by atoms with Gasteiger partial charge in [-0.1, -0.05) is 32.3 Å². The summed E-state index contributed by atoms with van der Waals surface area (Å²) in [6.45, 7) is 2.26. The number of hydrogen-bond acceptors (Lipinski definition) is 3. The summed E-state index contributed by atoms with van der Waals surface area (Å²) in [7, 11) is 1.48. The summed E-state index contributed by atoms with van der Waals surface area (Å²) in [5.74, 6) is 7.15. The van der Waals surface area contributed by atoms with Crippen LogP contribution in [-0.2, 0) is 6.42 Å². The standard InChI is InChI=1S/C17H27FN2O/c1-3-12-5-4-6-14(9-12)16(20-19)11-13-7-8-17(21-2)15(18)10-13/h7-8,10,12,14,16,20H,3-6,9,11,19H2,1-2H3. The van der Waals surface area contributed by atoms with Crippen molar-refractivity contribution < 1.29 is 9.13 Å². The number of ether oxygens (including phenoxy) is 1. The fraction of sp³-hybridized carbons (Fsp3) is 0.647. The lowest BCUT2D eigenvalue weighted by atomic mass is 9.75.